The van der Waals surface area contributed by atoms with Crippen molar-refractivity contribution in [3.63, 3.8) is 0 Å². The molecule has 9 heterocycles. The third kappa shape index (κ3) is 17.1. The number of aryl methyl sites for hydroxylation is 9. The fourth-order valence-electron chi connectivity index (χ4n) is 19.9. The average molecular weight is 1860 g/mol. The molecule has 0 bridgehead atoms. The van der Waals surface area contributed by atoms with Crippen LogP contribution in [0.25, 0.3) is 194 Å². The maximum atomic E-state index is 7.88. The van der Waals surface area contributed by atoms with Gasteiger partial charge in [0.2, 0.25) is 5.89 Å². The quantitative estimate of drug-likeness (QED) is 0.0881. The molecule has 23 aromatic rings. The minimum Gasteiger partial charge on any atom is -0.457 e. The monoisotopic (exact) mass is 1860 g/mol. The lowest BCUT2D eigenvalue weighted by atomic mass is 9.66. The van der Waals surface area contributed by atoms with Crippen LogP contribution in [-0.2, 0) is 5.41 Å². The van der Waals surface area contributed by atoms with Gasteiger partial charge < -0.3 is 9.15 Å². The number of rotatable bonds is 11. The van der Waals surface area contributed by atoms with Crippen molar-refractivity contribution in [2.75, 3.05) is 0 Å². The van der Waals surface area contributed by atoms with E-state index in [2.05, 4.69) is 367 Å². The molecular weight excluding hydrogens is 1760 g/mol. The lowest BCUT2D eigenvalue weighted by Gasteiger charge is -2.39. The van der Waals surface area contributed by atoms with Crippen LogP contribution in [0.4, 0.5) is 5.69 Å². The minimum absolute atomic E-state index is 0.629. The summed E-state index contributed by atoms with van der Waals surface area (Å²) in [4.78, 5) is 60.3. The second kappa shape index (κ2) is 37.9. The van der Waals surface area contributed by atoms with Crippen LogP contribution >= 0.6 is 0 Å². The molecule has 0 radical (unpaired) electrons. The summed E-state index contributed by atoms with van der Waals surface area (Å²) in [7, 11) is 0. The molecule has 0 unspecified atom stereocenters. The molecule has 15 heteroatoms. The smallest absolute Gasteiger partial charge is 0.227 e. The molecule has 1 aliphatic heterocycles. The number of hydrogen-bond donors (Lipinski definition) is 0. The van der Waals surface area contributed by atoms with Crippen LogP contribution in [0.2, 0.25) is 0 Å². The molecule has 0 N–H and O–H groups in total. The van der Waals surface area contributed by atoms with Crippen molar-refractivity contribution in [2.45, 2.75) is 95.4 Å². The normalized spacial score (nSPS) is 11.9. The fraction of sp³-hybridized carbons (Fsp3) is 0.109. The molecule has 692 valence electrons. The highest BCUT2D eigenvalue weighted by atomic mass is 16.5. The van der Waals surface area contributed by atoms with Crippen LogP contribution < -0.4 is 4.74 Å². The summed E-state index contributed by atoms with van der Waals surface area (Å²) in [5.74, 6) is 5.35. The van der Waals surface area contributed by atoms with Crippen LogP contribution in [0.3, 0.4) is 0 Å². The van der Waals surface area contributed by atoms with Crippen molar-refractivity contribution >= 4 is 60.1 Å². The summed E-state index contributed by atoms with van der Waals surface area (Å²) in [5.41, 5.74) is 42.5. The van der Waals surface area contributed by atoms with E-state index in [1.165, 1.54) is 38.2 Å². The Morgan fingerprint density at radius 2 is 0.674 bits per heavy atom. The molecule has 8 aromatic heterocycles. The van der Waals surface area contributed by atoms with Crippen molar-refractivity contribution in [1.29, 1.82) is 0 Å². The summed E-state index contributed by atoms with van der Waals surface area (Å²) < 4.78 is 12.4. The molecule has 2 aliphatic rings. The Kier molecular flexibility index (Phi) is 23.9. The van der Waals surface area contributed by atoms with Crippen molar-refractivity contribution in [3.05, 3.63) is 471 Å². The summed E-state index contributed by atoms with van der Waals surface area (Å²) in [6.45, 7) is 34.5. The van der Waals surface area contributed by atoms with Gasteiger partial charge in [0, 0.05) is 119 Å². The van der Waals surface area contributed by atoms with Crippen LogP contribution in [0.5, 0.6) is 11.5 Å². The maximum absolute atomic E-state index is 7.88. The third-order valence-corrected chi connectivity index (χ3v) is 28.5. The van der Waals surface area contributed by atoms with E-state index in [4.69, 9.17) is 40.6 Å². The second-order valence-electron chi connectivity index (χ2n) is 37.3. The number of pyridine rings is 3. The number of fused-ring (bicyclic) bond motifs is 16. The topological polar surface area (TPSA) is 181 Å². The Hall–Kier alpha value is -18.1. The first-order valence-electron chi connectivity index (χ1n) is 48.5. The standard InChI is InChI=1S/C45H31N3O.C33H27N3.C26H21N3O.C25H20N4/c1-27-28(2)47-44(48-29(27)3)34-14-10-13-32(24-34)30-11-9-12-31(23-30)33-19-21-36-37-22-20-35(46-4)26-41(37)45(40(36)25-33)38-15-5-7-17-42(38)49-43-18-8-6-16-39(43)45;1-20-13-14-32(34-19-20)26-15-25(16-27(17-26)33-35-22(3)21(2)23(4)36-33)31-18-24-9-5-6-10-28(24)29-11-7-8-12-30(29)31;1-16-17(2)27-25(28-18(16)3)21-12-8-19(9-13-21)20-10-14-22(15-11-20)26-29-23-6-4-5-7-24(23)30-26;1-15-16(2)28-25(29-17(15)3)19-10-8-18(9-11-19)22-14-20-6-4-12-26-23(20)24-21(22)7-5-13-27-24/h5-26H,1-3H3;5-19H,1-4H3;4-15H,1-3H3;4-14H,1-3H3. The zero-order chi connectivity index (χ0) is 98.7. The van der Waals surface area contributed by atoms with E-state index in [0.29, 0.717) is 11.6 Å². The van der Waals surface area contributed by atoms with Crippen molar-refractivity contribution in [2.24, 2.45) is 0 Å². The zero-order valence-corrected chi connectivity index (χ0v) is 82.3. The average Bonchev–Trinajstić information content (AvgIpc) is 1.51. The number of para-hydroxylation sites is 4. The Balaban J connectivity index is 0.000000112. The molecule has 15 aromatic carbocycles. The number of hydrogen-bond acceptors (Lipinski definition) is 14. The van der Waals surface area contributed by atoms with Crippen molar-refractivity contribution in [3.8, 4) is 147 Å². The summed E-state index contributed by atoms with van der Waals surface area (Å²) in [6.07, 6.45) is 5.56. The van der Waals surface area contributed by atoms with Gasteiger partial charge in [0.05, 0.1) is 28.7 Å². The van der Waals surface area contributed by atoms with Crippen LogP contribution in [-0.4, -0.2) is 59.8 Å². The van der Waals surface area contributed by atoms with Gasteiger partial charge in [-0.2, -0.15) is 0 Å². The van der Waals surface area contributed by atoms with E-state index in [-0.39, 0.29) is 0 Å². The first-order chi connectivity index (χ1) is 70.1. The lowest BCUT2D eigenvalue weighted by molar-refractivity contribution is 0.436. The summed E-state index contributed by atoms with van der Waals surface area (Å²) >= 11 is 0. The van der Waals surface area contributed by atoms with E-state index in [9.17, 15) is 0 Å². The number of aromatic nitrogens is 12. The molecule has 0 saturated carbocycles. The maximum Gasteiger partial charge on any atom is 0.227 e. The molecule has 1 aliphatic carbocycles. The molecule has 0 amide bonds. The van der Waals surface area contributed by atoms with Crippen molar-refractivity contribution < 1.29 is 9.15 Å². The van der Waals surface area contributed by atoms with Gasteiger partial charge in [0.25, 0.3) is 0 Å². The molecule has 144 heavy (non-hydrogen) atoms. The highest BCUT2D eigenvalue weighted by Crippen LogP contribution is 2.63. The van der Waals surface area contributed by atoms with E-state index in [0.717, 1.165) is 252 Å². The Morgan fingerprint density at radius 1 is 0.257 bits per heavy atom. The first kappa shape index (κ1) is 91.0. The lowest BCUT2D eigenvalue weighted by Crippen LogP contribution is -2.32. The highest BCUT2D eigenvalue weighted by Gasteiger charge is 2.51. The highest BCUT2D eigenvalue weighted by molar-refractivity contribution is 6.14. The number of oxazole rings is 1. The molecular formula is C129H99N13O2. The summed E-state index contributed by atoms with van der Waals surface area (Å²) in [6, 6.07) is 120. The molecule has 0 saturated heterocycles. The van der Waals surface area contributed by atoms with Gasteiger partial charge in [-0.25, -0.2) is 49.7 Å². The fourth-order valence-corrected chi connectivity index (χ4v) is 19.9. The SMILES string of the molecule is Cc1ccc(-c2cc(-c3nc(C)c(C)c(C)n3)cc(-c3cc4ccccc4c4ccccc34)c2)nc1.Cc1nc(-c2ccc(-c3cc4cccnc4c4ncccc34)cc2)nc(C)c1C.Cc1nc(-c2ccc(-c3ccc(-c4nc5ccccc5o4)cc3)cc2)nc(C)c1C.[C-]#[N+]c1ccc2c(c1)C1(c3ccccc3Oc3ccccc31)c1cc(-c3cccc(-c4cccc(-c5nc(C)c(C)c(C)n5)c4)c3)ccc1-2. The first-order valence-corrected chi connectivity index (χ1v) is 48.5. The van der Waals surface area contributed by atoms with Crippen LogP contribution in [0.1, 0.15) is 95.6 Å². The Morgan fingerprint density at radius 3 is 1.25 bits per heavy atom. The van der Waals surface area contributed by atoms with Gasteiger partial charge in [-0.3, -0.25) is 15.0 Å². The van der Waals surface area contributed by atoms with Crippen molar-refractivity contribution in [1.82, 2.24) is 59.8 Å². The van der Waals surface area contributed by atoms with E-state index in [1.807, 2.05) is 127 Å². The Bertz CT molecular complexity index is 8930. The molecule has 0 fully saturated rings. The third-order valence-electron chi connectivity index (χ3n) is 28.5. The summed E-state index contributed by atoms with van der Waals surface area (Å²) in [5, 5.41) is 7.17. The van der Waals surface area contributed by atoms with Gasteiger partial charge in [0.15, 0.2) is 34.6 Å². The molecule has 0 atom stereocenters. The molecule has 25 rings (SSSR count). The number of benzene rings is 15. The van der Waals surface area contributed by atoms with E-state index in [1.54, 1.807) is 0 Å². The van der Waals surface area contributed by atoms with Crippen LogP contribution in [0.15, 0.2) is 369 Å². The van der Waals surface area contributed by atoms with E-state index < -0.39 is 5.41 Å². The van der Waals surface area contributed by atoms with Crippen LogP contribution in [0, 0.1) is 96.6 Å². The van der Waals surface area contributed by atoms with Gasteiger partial charge in [-0.05, 0) is 320 Å². The number of ether oxygens (including phenoxy) is 1. The van der Waals surface area contributed by atoms with Gasteiger partial charge in [-0.1, -0.05) is 243 Å². The number of nitrogens with zero attached hydrogens (tertiary/aromatic N) is 13. The van der Waals surface area contributed by atoms with Gasteiger partial charge in [-0.15, -0.1) is 0 Å². The molecule has 1 spiro atoms. The second-order valence-corrected chi connectivity index (χ2v) is 37.3. The van der Waals surface area contributed by atoms with Gasteiger partial charge in [0.1, 0.15) is 17.0 Å². The molecule has 15 nitrogen and oxygen atoms in total. The predicted molar refractivity (Wildman–Crippen MR) is 584 cm³/mol. The Labute approximate surface area is 836 Å². The van der Waals surface area contributed by atoms with E-state index >= 15 is 0 Å². The predicted octanol–water partition coefficient (Wildman–Crippen LogP) is 32.2. The largest absolute Gasteiger partial charge is 0.457 e. The zero-order valence-electron chi connectivity index (χ0n) is 82.3. The minimum atomic E-state index is -0.636. The van der Waals surface area contributed by atoms with Gasteiger partial charge >= 0.3 is 0 Å².